The van der Waals surface area contributed by atoms with E-state index in [9.17, 15) is 5.11 Å². The van der Waals surface area contributed by atoms with E-state index in [0.29, 0.717) is 25.4 Å². The summed E-state index contributed by atoms with van der Waals surface area (Å²) >= 11 is 0. The number of rotatable bonds is 5. The summed E-state index contributed by atoms with van der Waals surface area (Å²) in [5, 5.41) is 11.6. The molecule has 1 aromatic carbocycles. The minimum Gasteiger partial charge on any atom is -0.467 e. The largest absolute Gasteiger partial charge is 0.467 e. The van der Waals surface area contributed by atoms with E-state index < -0.39 is 6.10 Å². The molecule has 0 radical (unpaired) electrons. The van der Waals surface area contributed by atoms with E-state index in [1.807, 2.05) is 18.3 Å². The Hall–Kier alpha value is -2.21. The van der Waals surface area contributed by atoms with Crippen molar-refractivity contribution in [2.24, 2.45) is 0 Å². The summed E-state index contributed by atoms with van der Waals surface area (Å²) in [5.74, 6) is 0.609. The summed E-state index contributed by atoms with van der Waals surface area (Å²) in [6.07, 6.45) is 3.40. The second kappa shape index (κ2) is 7.35. The van der Waals surface area contributed by atoms with E-state index in [2.05, 4.69) is 34.1 Å². The fraction of sp³-hybridized carbons (Fsp3) is 0.350. The van der Waals surface area contributed by atoms with Crippen LogP contribution >= 0.6 is 0 Å². The van der Waals surface area contributed by atoms with Crippen molar-refractivity contribution in [1.29, 1.82) is 0 Å². The first-order valence-electron chi connectivity index (χ1n) is 8.67. The van der Waals surface area contributed by atoms with Gasteiger partial charge in [0, 0.05) is 30.7 Å². The lowest BCUT2D eigenvalue weighted by Crippen LogP contribution is -2.45. The summed E-state index contributed by atoms with van der Waals surface area (Å²) in [4.78, 5) is 6.93. The fourth-order valence-electron chi connectivity index (χ4n) is 3.48. The zero-order valence-corrected chi connectivity index (χ0v) is 14.0. The van der Waals surface area contributed by atoms with Crippen LogP contribution in [0.4, 0.5) is 0 Å². The number of aromatic nitrogens is 1. The first-order chi connectivity index (χ1) is 12.3. The molecule has 1 aliphatic rings. The molecule has 3 heterocycles. The molecule has 3 aromatic rings. The number of ether oxygens (including phenoxy) is 1. The van der Waals surface area contributed by atoms with Gasteiger partial charge in [-0.15, -0.1) is 0 Å². The highest BCUT2D eigenvalue weighted by molar-refractivity contribution is 5.81. The van der Waals surface area contributed by atoms with Crippen molar-refractivity contribution >= 4 is 10.9 Å². The number of nitrogens with zero attached hydrogens (tertiary/aromatic N) is 2. The molecule has 0 spiro atoms. The number of hydrogen-bond acceptors (Lipinski definition) is 5. The van der Waals surface area contributed by atoms with Gasteiger partial charge >= 0.3 is 0 Å². The highest BCUT2D eigenvalue weighted by Crippen LogP contribution is 2.25. The van der Waals surface area contributed by atoms with Gasteiger partial charge in [-0.05, 0) is 30.2 Å². The minimum atomic E-state index is -0.616. The first-order valence-corrected chi connectivity index (χ1v) is 8.67. The first kappa shape index (κ1) is 16.3. The highest BCUT2D eigenvalue weighted by Gasteiger charge is 2.27. The van der Waals surface area contributed by atoms with Gasteiger partial charge in [0.25, 0.3) is 0 Å². The second-order valence-electron chi connectivity index (χ2n) is 6.46. The van der Waals surface area contributed by atoms with Crippen LogP contribution in [0.25, 0.3) is 10.9 Å². The maximum atomic E-state index is 10.4. The van der Waals surface area contributed by atoms with Crippen LogP contribution in [0.15, 0.2) is 59.3 Å². The zero-order chi connectivity index (χ0) is 17.1. The van der Waals surface area contributed by atoms with Crippen LogP contribution in [0.2, 0.25) is 0 Å². The maximum Gasteiger partial charge on any atom is 0.132 e. The molecule has 130 valence electrons. The topological polar surface area (TPSA) is 58.7 Å². The quantitative estimate of drug-likeness (QED) is 0.774. The lowest BCUT2D eigenvalue weighted by atomic mass is 10.0. The average Bonchev–Trinajstić information content (AvgIpc) is 3.18. The second-order valence-corrected chi connectivity index (χ2v) is 6.46. The molecular formula is C20H22N2O3. The Morgan fingerprint density at radius 2 is 2.12 bits per heavy atom. The normalized spacial score (nSPS) is 20.0. The summed E-state index contributed by atoms with van der Waals surface area (Å²) in [6.45, 7) is 2.98. The van der Waals surface area contributed by atoms with Gasteiger partial charge in [-0.1, -0.05) is 24.3 Å². The standard InChI is InChI=1S/C20H22N2O3/c23-18(19-7-3-10-25-19)12-17-14-24-11-9-22(17)13-16-5-1-4-15-6-2-8-21-20(15)16/h1-8,10,17-18,23H,9,11-14H2. The predicted octanol–water partition coefficient (Wildman–Crippen LogP) is 3.15. The van der Waals surface area contributed by atoms with Gasteiger partial charge in [0.15, 0.2) is 0 Å². The molecule has 1 saturated heterocycles. The number of para-hydroxylation sites is 1. The average molecular weight is 338 g/mol. The third-order valence-corrected chi connectivity index (χ3v) is 4.81. The van der Waals surface area contributed by atoms with E-state index in [0.717, 1.165) is 24.0 Å². The van der Waals surface area contributed by atoms with Crippen LogP contribution in [-0.4, -0.2) is 40.8 Å². The highest BCUT2D eigenvalue weighted by atomic mass is 16.5. The molecule has 1 N–H and O–H groups in total. The Bertz CT molecular complexity index is 813. The summed E-state index contributed by atoms with van der Waals surface area (Å²) < 4.78 is 11.0. The van der Waals surface area contributed by atoms with Gasteiger partial charge in [0.2, 0.25) is 0 Å². The van der Waals surface area contributed by atoms with E-state index in [1.54, 1.807) is 12.3 Å². The lowest BCUT2D eigenvalue weighted by Gasteiger charge is -2.36. The number of benzene rings is 1. The van der Waals surface area contributed by atoms with Gasteiger partial charge in [-0.3, -0.25) is 9.88 Å². The van der Waals surface area contributed by atoms with E-state index in [-0.39, 0.29) is 6.04 Å². The van der Waals surface area contributed by atoms with Crippen LogP contribution in [0.3, 0.4) is 0 Å². The number of fused-ring (bicyclic) bond motifs is 1. The minimum absolute atomic E-state index is 0.146. The Morgan fingerprint density at radius 3 is 3.00 bits per heavy atom. The SMILES string of the molecule is OC(CC1COCCN1Cc1cccc2cccnc12)c1ccco1. The van der Waals surface area contributed by atoms with Crippen LogP contribution < -0.4 is 0 Å². The number of aliphatic hydroxyl groups excluding tert-OH is 1. The van der Waals surface area contributed by atoms with E-state index in [4.69, 9.17) is 9.15 Å². The molecule has 0 saturated carbocycles. The molecule has 25 heavy (non-hydrogen) atoms. The number of hydrogen-bond donors (Lipinski definition) is 1. The molecule has 2 aromatic heterocycles. The summed E-state index contributed by atoms with van der Waals surface area (Å²) in [7, 11) is 0. The smallest absolute Gasteiger partial charge is 0.132 e. The van der Waals surface area contributed by atoms with E-state index >= 15 is 0 Å². The molecule has 2 unspecified atom stereocenters. The predicted molar refractivity (Wildman–Crippen MR) is 95.0 cm³/mol. The Morgan fingerprint density at radius 1 is 1.20 bits per heavy atom. The van der Waals surface area contributed by atoms with Crippen molar-refractivity contribution in [3.05, 3.63) is 66.2 Å². The van der Waals surface area contributed by atoms with Gasteiger partial charge < -0.3 is 14.3 Å². The molecule has 0 aliphatic carbocycles. The van der Waals surface area contributed by atoms with E-state index in [1.165, 1.54) is 5.56 Å². The molecule has 1 fully saturated rings. The molecule has 0 bridgehead atoms. The molecule has 2 atom stereocenters. The molecular weight excluding hydrogens is 316 g/mol. The van der Waals surface area contributed by atoms with Crippen molar-refractivity contribution in [2.75, 3.05) is 19.8 Å². The summed E-state index contributed by atoms with van der Waals surface area (Å²) in [6, 6.07) is 14.1. The van der Waals surface area contributed by atoms with Gasteiger partial charge in [-0.2, -0.15) is 0 Å². The fourth-order valence-corrected chi connectivity index (χ4v) is 3.48. The third-order valence-electron chi connectivity index (χ3n) is 4.81. The molecule has 5 heteroatoms. The number of morpholine rings is 1. The van der Waals surface area contributed by atoms with Crippen LogP contribution in [0.1, 0.15) is 23.8 Å². The molecule has 0 amide bonds. The van der Waals surface area contributed by atoms with Crippen molar-refractivity contribution in [3.63, 3.8) is 0 Å². The summed E-state index contributed by atoms with van der Waals surface area (Å²) in [5.41, 5.74) is 2.25. The lowest BCUT2D eigenvalue weighted by molar-refractivity contribution is -0.0321. The van der Waals surface area contributed by atoms with Gasteiger partial charge in [-0.25, -0.2) is 0 Å². The monoisotopic (exact) mass is 338 g/mol. The van der Waals surface area contributed by atoms with Gasteiger partial charge in [0.1, 0.15) is 11.9 Å². The van der Waals surface area contributed by atoms with Gasteiger partial charge in [0.05, 0.1) is 25.0 Å². The molecule has 1 aliphatic heterocycles. The molecule has 4 rings (SSSR count). The Labute approximate surface area is 146 Å². The van der Waals surface area contributed by atoms with Crippen molar-refractivity contribution in [3.8, 4) is 0 Å². The maximum absolute atomic E-state index is 10.4. The van der Waals surface area contributed by atoms with Crippen LogP contribution in [0.5, 0.6) is 0 Å². The Kier molecular flexibility index (Phi) is 4.78. The van der Waals surface area contributed by atoms with Crippen molar-refractivity contribution in [2.45, 2.75) is 25.1 Å². The zero-order valence-electron chi connectivity index (χ0n) is 14.0. The Balaban J connectivity index is 1.52. The van der Waals surface area contributed by atoms with Crippen molar-refractivity contribution < 1.29 is 14.3 Å². The third kappa shape index (κ3) is 3.58. The number of pyridine rings is 1. The van der Waals surface area contributed by atoms with Crippen LogP contribution in [0, 0.1) is 0 Å². The molecule has 5 nitrogen and oxygen atoms in total. The van der Waals surface area contributed by atoms with Crippen LogP contribution in [-0.2, 0) is 11.3 Å². The number of aliphatic hydroxyl groups is 1. The number of furan rings is 1. The van der Waals surface area contributed by atoms with Crippen molar-refractivity contribution in [1.82, 2.24) is 9.88 Å².